The average Bonchev–Trinajstić information content (AvgIpc) is 3.61. The molecular weight excluding hydrogens is 677 g/mol. The van der Waals surface area contributed by atoms with Gasteiger partial charge in [0.2, 0.25) is 0 Å². The van der Waals surface area contributed by atoms with E-state index >= 15 is 0 Å². The van der Waals surface area contributed by atoms with Gasteiger partial charge in [-0.05, 0) is 87.5 Å². The summed E-state index contributed by atoms with van der Waals surface area (Å²) < 4.78 is 2.45. The van der Waals surface area contributed by atoms with E-state index in [4.69, 9.17) is 0 Å². The Hall–Kier alpha value is -7.42. The van der Waals surface area contributed by atoms with Crippen molar-refractivity contribution in [3.8, 4) is 50.2 Å². The predicted octanol–water partition coefficient (Wildman–Crippen LogP) is 14.9. The lowest BCUT2D eigenvalue weighted by Crippen LogP contribution is -2.11. The Morgan fingerprint density at radius 3 is 1.46 bits per heavy atom. The van der Waals surface area contributed by atoms with Gasteiger partial charge in [0, 0.05) is 33.4 Å². The molecule has 56 heavy (non-hydrogen) atoms. The maximum absolute atomic E-state index is 2.45. The van der Waals surface area contributed by atoms with Crippen molar-refractivity contribution in [1.29, 1.82) is 0 Å². The molecule has 10 rings (SSSR count). The predicted molar refractivity (Wildman–Crippen MR) is 237 cm³/mol. The molecule has 0 saturated heterocycles. The van der Waals surface area contributed by atoms with Crippen molar-refractivity contribution < 1.29 is 0 Å². The molecule has 0 atom stereocenters. The molecule has 2 heteroatoms. The Kier molecular flexibility index (Phi) is 8.55. The highest BCUT2D eigenvalue weighted by atomic mass is 15.1. The number of rotatable bonds is 8. The summed E-state index contributed by atoms with van der Waals surface area (Å²) in [5.41, 5.74) is 16.3. The van der Waals surface area contributed by atoms with Crippen LogP contribution in [0.15, 0.2) is 231 Å². The number of anilines is 3. The van der Waals surface area contributed by atoms with E-state index in [0.717, 1.165) is 28.3 Å². The van der Waals surface area contributed by atoms with Gasteiger partial charge in [-0.2, -0.15) is 0 Å². The van der Waals surface area contributed by atoms with Gasteiger partial charge in [-0.15, -0.1) is 0 Å². The van der Waals surface area contributed by atoms with Crippen LogP contribution in [0.2, 0.25) is 0 Å². The molecule has 9 aromatic carbocycles. The lowest BCUT2D eigenvalue weighted by atomic mass is 9.89. The fourth-order valence-corrected chi connectivity index (χ4v) is 8.26. The van der Waals surface area contributed by atoms with Crippen LogP contribution in [0.3, 0.4) is 0 Å². The molecule has 0 saturated carbocycles. The maximum Gasteiger partial charge on any atom is 0.0561 e. The normalized spacial score (nSPS) is 11.2. The Bertz CT molecular complexity index is 2950. The molecule has 10 aromatic rings. The maximum atomic E-state index is 2.45. The third-order valence-corrected chi connectivity index (χ3v) is 10.8. The number of nitrogens with zero attached hydrogens (tertiary/aromatic N) is 2. The first-order valence-corrected chi connectivity index (χ1v) is 19.2. The molecule has 0 fully saturated rings. The second kappa shape index (κ2) is 14.4. The second-order valence-corrected chi connectivity index (χ2v) is 14.1. The van der Waals surface area contributed by atoms with Gasteiger partial charge in [0.05, 0.1) is 16.7 Å². The van der Waals surface area contributed by atoms with Crippen molar-refractivity contribution in [1.82, 2.24) is 4.57 Å². The standard InChI is InChI=1S/C54H38N2/c1-5-19-39(20-6-1)45-27-13-14-29-48(45)51-37-43(33-35-46(51)40-21-7-2-8-22-40)56-53-32-18-16-30-49(53)50-36-34-44(38-54(50)56)55(42-25-11-4-12-26-42)52-31-17-15-28-47(52)41-23-9-3-10-24-41/h1-38H. The molecule has 0 aliphatic rings. The van der Waals surface area contributed by atoms with Crippen molar-refractivity contribution in [3.63, 3.8) is 0 Å². The van der Waals surface area contributed by atoms with Crippen LogP contribution in [0.1, 0.15) is 0 Å². The Balaban J connectivity index is 1.22. The van der Waals surface area contributed by atoms with Gasteiger partial charge >= 0.3 is 0 Å². The topological polar surface area (TPSA) is 8.17 Å². The van der Waals surface area contributed by atoms with Gasteiger partial charge in [0.25, 0.3) is 0 Å². The molecule has 2 nitrogen and oxygen atoms in total. The Morgan fingerprint density at radius 1 is 0.286 bits per heavy atom. The summed E-state index contributed by atoms with van der Waals surface area (Å²) in [7, 11) is 0. The molecule has 264 valence electrons. The highest BCUT2D eigenvalue weighted by Crippen LogP contribution is 2.44. The fourth-order valence-electron chi connectivity index (χ4n) is 8.26. The summed E-state index contributed by atoms with van der Waals surface area (Å²) in [5, 5.41) is 2.44. The number of aromatic nitrogens is 1. The molecule has 0 radical (unpaired) electrons. The Morgan fingerprint density at radius 2 is 0.786 bits per heavy atom. The first kappa shape index (κ1) is 33.2. The number of fused-ring (bicyclic) bond motifs is 3. The minimum atomic E-state index is 1.09. The van der Waals surface area contributed by atoms with E-state index in [9.17, 15) is 0 Å². The van der Waals surface area contributed by atoms with E-state index in [2.05, 4.69) is 240 Å². The van der Waals surface area contributed by atoms with E-state index in [1.165, 1.54) is 60.8 Å². The first-order valence-electron chi connectivity index (χ1n) is 19.2. The van der Waals surface area contributed by atoms with Gasteiger partial charge in [-0.1, -0.05) is 182 Å². The van der Waals surface area contributed by atoms with Crippen molar-refractivity contribution in [2.75, 3.05) is 4.90 Å². The number of hydrogen-bond acceptors (Lipinski definition) is 1. The van der Waals surface area contributed by atoms with Gasteiger partial charge < -0.3 is 9.47 Å². The quantitative estimate of drug-likeness (QED) is 0.152. The zero-order chi connectivity index (χ0) is 37.3. The van der Waals surface area contributed by atoms with Crippen LogP contribution in [0.25, 0.3) is 72.0 Å². The van der Waals surface area contributed by atoms with Gasteiger partial charge in [-0.3, -0.25) is 0 Å². The van der Waals surface area contributed by atoms with Crippen molar-refractivity contribution in [2.45, 2.75) is 0 Å². The van der Waals surface area contributed by atoms with E-state index in [1.807, 2.05) is 0 Å². The zero-order valence-electron chi connectivity index (χ0n) is 30.8. The summed E-state index contributed by atoms with van der Waals surface area (Å²) >= 11 is 0. The second-order valence-electron chi connectivity index (χ2n) is 14.1. The van der Waals surface area contributed by atoms with Crippen LogP contribution in [-0.2, 0) is 0 Å². The summed E-state index contributed by atoms with van der Waals surface area (Å²) in [6.45, 7) is 0. The monoisotopic (exact) mass is 714 g/mol. The minimum absolute atomic E-state index is 1.09. The van der Waals surface area contributed by atoms with Gasteiger partial charge in [-0.25, -0.2) is 0 Å². The molecule has 0 unspecified atom stereocenters. The van der Waals surface area contributed by atoms with E-state index in [1.54, 1.807) is 0 Å². The van der Waals surface area contributed by atoms with Crippen LogP contribution in [-0.4, -0.2) is 4.57 Å². The lowest BCUT2D eigenvalue weighted by Gasteiger charge is -2.28. The summed E-state index contributed by atoms with van der Waals surface area (Å²) in [6, 6.07) is 83.1. The summed E-state index contributed by atoms with van der Waals surface area (Å²) in [6.07, 6.45) is 0. The van der Waals surface area contributed by atoms with Crippen LogP contribution in [0.5, 0.6) is 0 Å². The molecule has 1 aromatic heterocycles. The molecule has 0 bridgehead atoms. The zero-order valence-corrected chi connectivity index (χ0v) is 30.8. The smallest absolute Gasteiger partial charge is 0.0561 e. The SMILES string of the molecule is c1ccc(-c2ccccc2-c2cc(-n3c4ccccc4c4ccc(N(c5ccccc5)c5ccccc5-c5ccccc5)cc43)ccc2-c2ccccc2)cc1. The van der Waals surface area contributed by atoms with Crippen LogP contribution >= 0.6 is 0 Å². The van der Waals surface area contributed by atoms with Crippen LogP contribution in [0, 0.1) is 0 Å². The summed E-state index contributed by atoms with van der Waals surface area (Å²) in [5.74, 6) is 0. The first-order chi connectivity index (χ1) is 27.8. The molecule has 0 aliphatic carbocycles. The van der Waals surface area contributed by atoms with E-state index in [-0.39, 0.29) is 0 Å². The highest BCUT2D eigenvalue weighted by Gasteiger charge is 2.21. The number of benzene rings is 9. The van der Waals surface area contributed by atoms with Crippen molar-refractivity contribution in [3.05, 3.63) is 231 Å². The van der Waals surface area contributed by atoms with Crippen LogP contribution in [0.4, 0.5) is 17.1 Å². The highest BCUT2D eigenvalue weighted by molar-refractivity contribution is 6.11. The molecule has 0 amide bonds. The molecular formula is C54H38N2. The van der Waals surface area contributed by atoms with E-state index < -0.39 is 0 Å². The lowest BCUT2D eigenvalue weighted by molar-refractivity contribution is 1.18. The van der Waals surface area contributed by atoms with Gasteiger partial charge in [0.1, 0.15) is 0 Å². The largest absolute Gasteiger partial charge is 0.310 e. The Labute approximate surface area is 327 Å². The van der Waals surface area contributed by atoms with Crippen molar-refractivity contribution >= 4 is 38.9 Å². The molecule has 0 N–H and O–H groups in total. The molecule has 1 heterocycles. The minimum Gasteiger partial charge on any atom is -0.310 e. The van der Waals surface area contributed by atoms with Crippen LogP contribution < -0.4 is 4.90 Å². The van der Waals surface area contributed by atoms with Gasteiger partial charge in [0.15, 0.2) is 0 Å². The molecule has 0 aliphatic heterocycles. The average molecular weight is 715 g/mol. The third-order valence-electron chi connectivity index (χ3n) is 10.8. The number of hydrogen-bond donors (Lipinski definition) is 0. The van der Waals surface area contributed by atoms with Crippen molar-refractivity contribution in [2.24, 2.45) is 0 Å². The fraction of sp³-hybridized carbons (Fsp3) is 0. The third kappa shape index (κ3) is 5.95. The number of para-hydroxylation sites is 3. The van der Waals surface area contributed by atoms with E-state index in [0.29, 0.717) is 0 Å². The molecule has 0 spiro atoms. The summed E-state index contributed by atoms with van der Waals surface area (Å²) in [4.78, 5) is 2.39.